The van der Waals surface area contributed by atoms with Crippen LogP contribution in [0.2, 0.25) is 0 Å². The van der Waals surface area contributed by atoms with Crippen molar-refractivity contribution in [2.75, 3.05) is 0 Å². The van der Waals surface area contributed by atoms with Gasteiger partial charge in [0.15, 0.2) is 0 Å². The molecule has 3 heteroatoms. The Morgan fingerprint density at radius 1 is 0.233 bits per heavy atom. The molecule has 2 aromatic heterocycles. The molecule has 2 heterocycles. The normalized spacial score (nSPS) is 11.6. The van der Waals surface area contributed by atoms with E-state index >= 15 is 0 Å². The van der Waals surface area contributed by atoms with Gasteiger partial charge in [0.25, 0.3) is 0 Å². The fraction of sp³-hybridized carbons (Fsp3) is 0. The molecule has 0 spiro atoms. The lowest BCUT2D eigenvalue weighted by Gasteiger charge is -2.13. The third-order valence-corrected chi connectivity index (χ3v) is 15.7. The van der Waals surface area contributed by atoms with Crippen LogP contribution in [0.25, 0.3) is 142 Å². The Kier molecular flexibility index (Phi) is 10.4. The van der Waals surface area contributed by atoms with Gasteiger partial charge in [-0.25, -0.2) is 4.98 Å². The maximum Gasteiger partial charge on any atom is 0.0979 e. The highest BCUT2D eigenvalue weighted by Crippen LogP contribution is 2.48. The molecule has 0 radical (unpaired) electrons. The number of fused-ring (bicyclic) bond motifs is 9. The molecule has 0 bridgehead atoms. The third kappa shape index (κ3) is 7.66. The van der Waals surface area contributed by atoms with Crippen LogP contribution in [-0.4, -0.2) is 9.97 Å². The van der Waals surface area contributed by atoms with Crippen LogP contribution in [0.15, 0.2) is 267 Å². The molecule has 0 saturated heterocycles. The van der Waals surface area contributed by atoms with Crippen LogP contribution in [0.5, 0.6) is 0 Å². The zero-order valence-corrected chi connectivity index (χ0v) is 40.5. The predicted octanol–water partition coefficient (Wildman–Crippen LogP) is 19.6. The Bertz CT molecular complexity index is 4390. The second-order valence-electron chi connectivity index (χ2n) is 18.9. The van der Waals surface area contributed by atoms with E-state index in [9.17, 15) is 0 Å². The largest absolute Gasteiger partial charge is 0.252 e. The van der Waals surface area contributed by atoms with Crippen molar-refractivity contribution in [3.63, 3.8) is 0 Å². The van der Waals surface area contributed by atoms with E-state index in [1.54, 1.807) is 0 Å². The topological polar surface area (TPSA) is 25.8 Å². The van der Waals surface area contributed by atoms with Gasteiger partial charge in [0, 0.05) is 47.6 Å². The first-order chi connectivity index (χ1) is 36.2. The highest BCUT2D eigenvalue weighted by Gasteiger charge is 2.20. The van der Waals surface area contributed by atoms with Gasteiger partial charge in [0.2, 0.25) is 0 Å². The van der Waals surface area contributed by atoms with E-state index in [0.717, 1.165) is 44.2 Å². The zero-order valence-electron chi connectivity index (χ0n) is 39.7. The standard InChI is InChI=1S/C70H44N2S/c1-4-18-45(19-5-1)48-24-14-28-52(36-48)56-40-62(47-22-8-3-9-23-47)69-64(42-56)65-43-57(53-29-15-25-49(37-53)46-20-6-2-7-21-46)41-63(70(65)73-69)54-30-16-26-50(38-54)51-27-17-31-55(39-51)66-44-71-67-60-34-12-10-32-58(60)59-33-11-13-35-61(59)68(67)72-66/h1-44H. The van der Waals surface area contributed by atoms with E-state index in [2.05, 4.69) is 261 Å². The molecule has 0 aliphatic heterocycles. The molecular formula is C70H44N2S. The fourth-order valence-electron chi connectivity index (χ4n) is 10.9. The van der Waals surface area contributed by atoms with Crippen LogP contribution in [0.3, 0.4) is 0 Å². The van der Waals surface area contributed by atoms with Crippen molar-refractivity contribution in [2.24, 2.45) is 0 Å². The van der Waals surface area contributed by atoms with Crippen LogP contribution in [0.1, 0.15) is 0 Å². The maximum absolute atomic E-state index is 5.35. The van der Waals surface area contributed by atoms with Crippen molar-refractivity contribution >= 4 is 64.1 Å². The van der Waals surface area contributed by atoms with E-state index < -0.39 is 0 Å². The van der Waals surface area contributed by atoms with Gasteiger partial charge in [0.1, 0.15) is 0 Å². The fourth-order valence-corrected chi connectivity index (χ4v) is 12.2. The van der Waals surface area contributed by atoms with Gasteiger partial charge in [-0.05, 0) is 126 Å². The first-order valence-electron chi connectivity index (χ1n) is 24.9. The molecule has 0 amide bonds. The van der Waals surface area contributed by atoms with Gasteiger partial charge in [0.05, 0.1) is 22.9 Å². The molecule has 12 aromatic carbocycles. The molecule has 0 aliphatic carbocycles. The summed E-state index contributed by atoms with van der Waals surface area (Å²) in [5.74, 6) is 0. The van der Waals surface area contributed by atoms with Gasteiger partial charge in [-0.2, -0.15) is 0 Å². The van der Waals surface area contributed by atoms with Crippen molar-refractivity contribution < 1.29 is 0 Å². The number of hydrogen-bond donors (Lipinski definition) is 0. The Hall–Kier alpha value is -9.28. The van der Waals surface area contributed by atoms with Crippen LogP contribution in [0.4, 0.5) is 0 Å². The van der Waals surface area contributed by atoms with Gasteiger partial charge >= 0.3 is 0 Å². The van der Waals surface area contributed by atoms with Gasteiger partial charge in [-0.3, -0.25) is 4.98 Å². The highest BCUT2D eigenvalue weighted by molar-refractivity contribution is 7.27. The van der Waals surface area contributed by atoms with Gasteiger partial charge < -0.3 is 0 Å². The van der Waals surface area contributed by atoms with E-state index in [1.807, 2.05) is 17.5 Å². The Balaban J connectivity index is 0.949. The Labute approximate surface area is 427 Å². The lowest BCUT2D eigenvalue weighted by atomic mass is 9.91. The smallest absolute Gasteiger partial charge is 0.0979 e. The summed E-state index contributed by atoms with van der Waals surface area (Å²) in [5.41, 5.74) is 20.4. The second kappa shape index (κ2) is 17.8. The van der Waals surface area contributed by atoms with E-state index in [1.165, 1.54) is 97.7 Å². The summed E-state index contributed by atoms with van der Waals surface area (Å²) in [6.45, 7) is 0. The minimum atomic E-state index is 0.851. The maximum atomic E-state index is 5.35. The molecule has 340 valence electrons. The Morgan fingerprint density at radius 3 is 1.11 bits per heavy atom. The molecule has 73 heavy (non-hydrogen) atoms. The summed E-state index contributed by atoms with van der Waals surface area (Å²) in [7, 11) is 0. The lowest BCUT2D eigenvalue weighted by Crippen LogP contribution is -1.92. The molecule has 0 atom stereocenters. The molecule has 0 unspecified atom stereocenters. The number of benzene rings is 12. The van der Waals surface area contributed by atoms with E-state index in [-0.39, 0.29) is 0 Å². The van der Waals surface area contributed by atoms with E-state index in [0.29, 0.717) is 0 Å². The minimum Gasteiger partial charge on any atom is -0.252 e. The van der Waals surface area contributed by atoms with Crippen molar-refractivity contribution in [3.05, 3.63) is 267 Å². The summed E-state index contributed by atoms with van der Waals surface area (Å²) in [6, 6.07) is 94.9. The first kappa shape index (κ1) is 42.6. The molecule has 0 fully saturated rings. The number of nitrogens with zero attached hydrogens (tertiary/aromatic N) is 2. The average Bonchev–Trinajstić information content (AvgIpc) is 3.86. The lowest BCUT2D eigenvalue weighted by molar-refractivity contribution is 1.31. The Morgan fingerprint density at radius 2 is 0.589 bits per heavy atom. The van der Waals surface area contributed by atoms with Gasteiger partial charge in [-0.15, -0.1) is 11.3 Å². The van der Waals surface area contributed by atoms with Gasteiger partial charge in [-0.1, -0.05) is 212 Å². The highest BCUT2D eigenvalue weighted by atomic mass is 32.1. The minimum absolute atomic E-state index is 0.851. The zero-order chi connectivity index (χ0) is 48.2. The molecule has 14 rings (SSSR count). The quantitative estimate of drug-likeness (QED) is 0.142. The summed E-state index contributed by atoms with van der Waals surface area (Å²) in [6.07, 6.45) is 1.94. The number of rotatable bonds is 8. The monoisotopic (exact) mass is 944 g/mol. The molecular weight excluding hydrogens is 901 g/mol. The molecule has 14 aromatic rings. The SMILES string of the molecule is c1ccc(-c2cccc(-c3cc(-c4ccccc4)c4sc5c(-c6cccc(-c7cccc(-c8cnc9c%10ccccc%10c%10ccccc%10c9n8)c7)c6)cc(-c6cccc(-c7ccccc7)c6)cc5c4c3)c2)cc1. The molecule has 0 saturated carbocycles. The van der Waals surface area contributed by atoms with Crippen molar-refractivity contribution in [2.45, 2.75) is 0 Å². The van der Waals surface area contributed by atoms with Crippen LogP contribution < -0.4 is 0 Å². The van der Waals surface area contributed by atoms with Crippen molar-refractivity contribution in [1.29, 1.82) is 0 Å². The number of hydrogen-bond acceptors (Lipinski definition) is 3. The number of thiophene rings is 1. The van der Waals surface area contributed by atoms with Crippen molar-refractivity contribution in [3.8, 4) is 89.1 Å². The summed E-state index contributed by atoms with van der Waals surface area (Å²) in [5, 5.41) is 7.11. The van der Waals surface area contributed by atoms with Crippen LogP contribution in [0, 0.1) is 0 Å². The van der Waals surface area contributed by atoms with Crippen LogP contribution >= 0.6 is 11.3 Å². The summed E-state index contributed by atoms with van der Waals surface area (Å²) < 4.78 is 2.55. The summed E-state index contributed by atoms with van der Waals surface area (Å²) >= 11 is 1.90. The third-order valence-electron chi connectivity index (χ3n) is 14.5. The second-order valence-corrected chi connectivity index (χ2v) is 19.9. The number of aromatic nitrogens is 2. The predicted molar refractivity (Wildman–Crippen MR) is 311 cm³/mol. The first-order valence-corrected chi connectivity index (χ1v) is 25.7. The molecule has 0 aliphatic rings. The van der Waals surface area contributed by atoms with Crippen LogP contribution in [-0.2, 0) is 0 Å². The average molecular weight is 945 g/mol. The van der Waals surface area contributed by atoms with Crippen molar-refractivity contribution in [1.82, 2.24) is 9.97 Å². The van der Waals surface area contributed by atoms with E-state index in [4.69, 9.17) is 9.97 Å². The molecule has 2 nitrogen and oxygen atoms in total. The summed E-state index contributed by atoms with van der Waals surface area (Å²) in [4.78, 5) is 10.5. The molecule has 0 N–H and O–H groups in total.